The number of nitrogens with two attached hydrogens (primary N) is 1. The molecule has 0 fully saturated rings. The second-order valence-electron chi connectivity index (χ2n) is 6.01. The summed E-state index contributed by atoms with van der Waals surface area (Å²) in [7, 11) is 0. The monoisotopic (exact) mass is 342 g/mol. The number of carbonyl (C=O) groups is 1. The fourth-order valence-electron chi connectivity index (χ4n) is 2.88. The molecule has 0 aliphatic rings. The van der Waals surface area contributed by atoms with E-state index in [1.54, 1.807) is 0 Å². The first-order valence-electron chi connectivity index (χ1n) is 8.37. The summed E-state index contributed by atoms with van der Waals surface area (Å²) in [5, 5.41) is 2.75. The van der Waals surface area contributed by atoms with Crippen LogP contribution < -0.4 is 11.1 Å². The lowest BCUT2D eigenvalue weighted by molar-refractivity contribution is -0.114. The van der Waals surface area contributed by atoms with Crippen LogP contribution in [-0.2, 0) is 4.79 Å². The van der Waals surface area contributed by atoms with E-state index in [0.29, 0.717) is 5.69 Å². The van der Waals surface area contributed by atoms with Gasteiger partial charge in [-0.1, -0.05) is 54.6 Å². The van der Waals surface area contributed by atoms with Gasteiger partial charge in [-0.05, 0) is 23.3 Å². The Labute approximate surface area is 151 Å². The van der Waals surface area contributed by atoms with Gasteiger partial charge in [0.15, 0.2) is 0 Å². The molecule has 4 aromatic rings. The van der Waals surface area contributed by atoms with Gasteiger partial charge in [-0.2, -0.15) is 0 Å². The molecule has 5 nitrogen and oxygen atoms in total. The second kappa shape index (κ2) is 6.82. The van der Waals surface area contributed by atoms with Gasteiger partial charge in [0.25, 0.3) is 0 Å². The minimum Gasteiger partial charge on any atom is -0.324 e. The van der Waals surface area contributed by atoms with Crippen LogP contribution in [-0.4, -0.2) is 21.8 Å². The van der Waals surface area contributed by atoms with Gasteiger partial charge in [-0.15, -0.1) is 0 Å². The lowest BCUT2D eigenvalue weighted by Crippen LogP contribution is -2.21. The van der Waals surface area contributed by atoms with E-state index in [-0.39, 0.29) is 12.5 Å². The van der Waals surface area contributed by atoms with Crippen LogP contribution in [0.1, 0.15) is 0 Å². The Bertz CT molecular complexity index is 1050. The summed E-state index contributed by atoms with van der Waals surface area (Å²) in [5.74, 6) is -0.221. The number of carbonyl (C=O) groups excluding carboxylic acids is 1. The van der Waals surface area contributed by atoms with Crippen molar-refractivity contribution in [3.05, 3.63) is 79.1 Å². The fourth-order valence-corrected chi connectivity index (χ4v) is 2.88. The highest BCUT2D eigenvalue weighted by molar-refractivity contribution is 5.92. The number of hydrogen-bond donors (Lipinski definition) is 2. The normalized spacial score (nSPS) is 10.8. The lowest BCUT2D eigenvalue weighted by Gasteiger charge is -2.03. The molecule has 3 N–H and O–H groups in total. The second-order valence-corrected chi connectivity index (χ2v) is 6.01. The maximum absolute atomic E-state index is 11.4. The number of anilines is 1. The summed E-state index contributed by atoms with van der Waals surface area (Å²) < 4.78 is 1.90. The SMILES string of the molecule is NCC(=O)Nc1ccc2nc(-c3ccc(-c4ccccc4)cc3)cn2c1. The van der Waals surface area contributed by atoms with E-state index in [1.807, 2.05) is 47.1 Å². The lowest BCUT2D eigenvalue weighted by atomic mass is 10.0. The molecule has 0 saturated heterocycles. The van der Waals surface area contributed by atoms with Crippen LogP contribution in [0.3, 0.4) is 0 Å². The molecule has 0 bridgehead atoms. The minimum absolute atomic E-state index is 0.0407. The van der Waals surface area contributed by atoms with Gasteiger partial charge in [0.1, 0.15) is 5.65 Å². The topological polar surface area (TPSA) is 72.4 Å². The number of hydrogen-bond acceptors (Lipinski definition) is 3. The number of imidazole rings is 1. The van der Waals surface area contributed by atoms with E-state index in [2.05, 4.69) is 46.7 Å². The molecule has 0 unspecified atom stereocenters. The molecule has 1 amide bonds. The van der Waals surface area contributed by atoms with Crippen molar-refractivity contribution in [2.75, 3.05) is 11.9 Å². The Hall–Kier alpha value is -3.44. The maximum atomic E-state index is 11.4. The van der Waals surface area contributed by atoms with E-state index in [0.717, 1.165) is 16.9 Å². The molecule has 0 aliphatic carbocycles. The molecule has 0 radical (unpaired) electrons. The van der Waals surface area contributed by atoms with Crippen LogP contribution in [0.4, 0.5) is 5.69 Å². The standard InChI is InChI=1S/C21H18N4O/c22-12-21(26)23-18-10-11-20-24-19(14-25(20)13-18)17-8-6-16(7-9-17)15-4-2-1-3-5-15/h1-11,13-14H,12,22H2,(H,23,26). The van der Waals surface area contributed by atoms with Crippen LogP contribution >= 0.6 is 0 Å². The van der Waals surface area contributed by atoms with Crippen LogP contribution in [0.25, 0.3) is 28.0 Å². The van der Waals surface area contributed by atoms with Crippen LogP contribution in [0.5, 0.6) is 0 Å². The van der Waals surface area contributed by atoms with Crippen LogP contribution in [0.2, 0.25) is 0 Å². The van der Waals surface area contributed by atoms with Gasteiger partial charge in [-0.3, -0.25) is 4.79 Å². The average molecular weight is 342 g/mol. The van der Waals surface area contributed by atoms with E-state index < -0.39 is 0 Å². The van der Waals surface area contributed by atoms with Crippen molar-refractivity contribution in [1.29, 1.82) is 0 Å². The average Bonchev–Trinajstić information content (AvgIpc) is 3.12. The first-order valence-corrected chi connectivity index (χ1v) is 8.37. The number of nitrogens with zero attached hydrogens (tertiary/aromatic N) is 2. The van der Waals surface area contributed by atoms with Gasteiger partial charge in [0, 0.05) is 18.0 Å². The van der Waals surface area contributed by atoms with Crippen molar-refractivity contribution in [3.63, 3.8) is 0 Å². The highest BCUT2D eigenvalue weighted by Crippen LogP contribution is 2.25. The van der Waals surface area contributed by atoms with Gasteiger partial charge >= 0.3 is 0 Å². The van der Waals surface area contributed by atoms with Crippen molar-refractivity contribution in [3.8, 4) is 22.4 Å². The molecule has 0 saturated carbocycles. The first kappa shape index (κ1) is 16.1. The van der Waals surface area contributed by atoms with Crippen LogP contribution in [0, 0.1) is 0 Å². The zero-order chi connectivity index (χ0) is 17.9. The summed E-state index contributed by atoms with van der Waals surface area (Å²) in [6.07, 6.45) is 3.78. The molecule has 128 valence electrons. The third-order valence-corrected chi connectivity index (χ3v) is 4.21. The third kappa shape index (κ3) is 3.20. The summed E-state index contributed by atoms with van der Waals surface area (Å²) in [6, 6.07) is 22.3. The smallest absolute Gasteiger partial charge is 0.238 e. The maximum Gasteiger partial charge on any atom is 0.238 e. The molecule has 5 heteroatoms. The number of rotatable bonds is 4. The Morgan fingerprint density at radius 3 is 2.31 bits per heavy atom. The van der Waals surface area contributed by atoms with Gasteiger partial charge in [-0.25, -0.2) is 4.98 Å². The summed E-state index contributed by atoms with van der Waals surface area (Å²) in [5.41, 5.74) is 11.1. The highest BCUT2D eigenvalue weighted by atomic mass is 16.1. The number of benzene rings is 2. The number of fused-ring (bicyclic) bond motifs is 1. The van der Waals surface area contributed by atoms with Gasteiger partial charge in [0.05, 0.1) is 17.9 Å². The fraction of sp³-hybridized carbons (Fsp3) is 0.0476. The number of amides is 1. The van der Waals surface area contributed by atoms with E-state index in [4.69, 9.17) is 5.73 Å². The molecule has 0 atom stereocenters. The van der Waals surface area contributed by atoms with Crippen molar-refractivity contribution < 1.29 is 4.79 Å². The van der Waals surface area contributed by atoms with Crippen molar-refractivity contribution >= 4 is 17.2 Å². The molecule has 0 spiro atoms. The number of pyridine rings is 1. The molecule has 4 rings (SSSR count). The largest absolute Gasteiger partial charge is 0.324 e. The highest BCUT2D eigenvalue weighted by Gasteiger charge is 2.07. The summed E-state index contributed by atoms with van der Waals surface area (Å²) >= 11 is 0. The van der Waals surface area contributed by atoms with Gasteiger partial charge in [0.2, 0.25) is 5.91 Å². The quantitative estimate of drug-likeness (QED) is 0.595. The predicted octanol–water partition coefficient (Wildman–Crippen LogP) is 3.57. The first-order chi connectivity index (χ1) is 12.7. The Morgan fingerprint density at radius 2 is 1.58 bits per heavy atom. The zero-order valence-corrected chi connectivity index (χ0v) is 14.1. The minimum atomic E-state index is -0.221. The Balaban J connectivity index is 1.63. The summed E-state index contributed by atoms with van der Waals surface area (Å²) in [4.78, 5) is 16.1. The summed E-state index contributed by atoms with van der Waals surface area (Å²) in [6.45, 7) is -0.0407. The van der Waals surface area contributed by atoms with E-state index >= 15 is 0 Å². The molecular formula is C21H18N4O. The number of aromatic nitrogens is 2. The zero-order valence-electron chi connectivity index (χ0n) is 14.1. The Morgan fingerprint density at radius 1 is 0.885 bits per heavy atom. The van der Waals surface area contributed by atoms with Crippen molar-refractivity contribution in [2.45, 2.75) is 0 Å². The third-order valence-electron chi connectivity index (χ3n) is 4.21. The molecular weight excluding hydrogens is 324 g/mol. The Kier molecular flexibility index (Phi) is 4.21. The van der Waals surface area contributed by atoms with Crippen molar-refractivity contribution in [2.24, 2.45) is 5.73 Å². The molecule has 0 aliphatic heterocycles. The molecule has 26 heavy (non-hydrogen) atoms. The predicted molar refractivity (Wildman–Crippen MR) is 104 cm³/mol. The van der Waals surface area contributed by atoms with E-state index in [1.165, 1.54) is 11.1 Å². The molecule has 2 aromatic heterocycles. The van der Waals surface area contributed by atoms with Gasteiger partial charge < -0.3 is 15.5 Å². The van der Waals surface area contributed by atoms with Crippen molar-refractivity contribution in [1.82, 2.24) is 9.38 Å². The molecule has 2 heterocycles. The van der Waals surface area contributed by atoms with E-state index in [9.17, 15) is 4.79 Å². The number of nitrogens with one attached hydrogen (secondary N) is 1. The van der Waals surface area contributed by atoms with Crippen LogP contribution in [0.15, 0.2) is 79.1 Å². The molecule has 2 aromatic carbocycles.